The second-order valence-corrected chi connectivity index (χ2v) is 4.14. The first kappa shape index (κ1) is 11.8. The molecular formula is C12H13N3OS. The Bertz CT molecular complexity index is 465. The summed E-state index contributed by atoms with van der Waals surface area (Å²) in [6.45, 7) is 2.06. The molecule has 1 aromatic carbocycles. The minimum Gasteiger partial charge on any atom is -0.360 e. The Labute approximate surface area is 106 Å². The summed E-state index contributed by atoms with van der Waals surface area (Å²) in [4.78, 5) is 19.3. The van der Waals surface area contributed by atoms with Crippen molar-refractivity contribution in [1.29, 1.82) is 0 Å². The van der Waals surface area contributed by atoms with Crippen LogP contribution in [0, 0.1) is 0 Å². The number of aliphatic imine (C=N–C) groups is 1. The summed E-state index contributed by atoms with van der Waals surface area (Å²) in [5.74, 6) is 0.150. The Morgan fingerprint density at radius 3 is 2.59 bits per heavy atom. The SMILES string of the molecule is CN1CCN(c2ccc(N=C=S)cc2)CC1=O. The van der Waals surface area contributed by atoms with Gasteiger partial charge >= 0.3 is 0 Å². The molecule has 1 aliphatic heterocycles. The zero-order valence-corrected chi connectivity index (χ0v) is 10.4. The van der Waals surface area contributed by atoms with Gasteiger partial charge in [-0.25, -0.2) is 0 Å². The van der Waals surface area contributed by atoms with Crippen LogP contribution < -0.4 is 4.90 Å². The molecule has 0 saturated carbocycles. The maximum Gasteiger partial charge on any atom is 0.241 e. The molecule has 0 radical (unpaired) electrons. The number of hydrogen-bond acceptors (Lipinski definition) is 4. The van der Waals surface area contributed by atoms with E-state index in [9.17, 15) is 4.79 Å². The minimum absolute atomic E-state index is 0.150. The van der Waals surface area contributed by atoms with E-state index in [1.807, 2.05) is 31.3 Å². The van der Waals surface area contributed by atoms with Crippen LogP contribution in [0.1, 0.15) is 0 Å². The predicted molar refractivity (Wildman–Crippen MR) is 71.0 cm³/mol. The molecule has 1 aromatic rings. The summed E-state index contributed by atoms with van der Waals surface area (Å²) in [6.07, 6.45) is 0. The number of thiocarbonyl (C=S) groups is 1. The highest BCUT2D eigenvalue weighted by Gasteiger charge is 2.20. The molecule has 0 bridgehead atoms. The summed E-state index contributed by atoms with van der Waals surface area (Å²) in [7, 11) is 1.83. The van der Waals surface area contributed by atoms with Gasteiger partial charge in [-0.1, -0.05) is 0 Å². The van der Waals surface area contributed by atoms with Crippen LogP contribution in [0.2, 0.25) is 0 Å². The number of rotatable bonds is 2. The van der Waals surface area contributed by atoms with Crippen molar-refractivity contribution in [2.24, 2.45) is 4.99 Å². The van der Waals surface area contributed by atoms with Crippen molar-refractivity contribution in [1.82, 2.24) is 4.90 Å². The average Bonchev–Trinajstić information content (AvgIpc) is 2.34. The van der Waals surface area contributed by atoms with Crippen molar-refractivity contribution >= 4 is 34.7 Å². The fourth-order valence-electron chi connectivity index (χ4n) is 1.77. The number of isothiocyanates is 1. The van der Waals surface area contributed by atoms with E-state index in [0.717, 1.165) is 24.5 Å². The number of carbonyl (C=O) groups is 1. The topological polar surface area (TPSA) is 35.9 Å². The first-order chi connectivity index (χ1) is 8.20. The van der Waals surface area contributed by atoms with Crippen molar-refractivity contribution in [2.45, 2.75) is 0 Å². The van der Waals surface area contributed by atoms with E-state index in [-0.39, 0.29) is 5.91 Å². The van der Waals surface area contributed by atoms with Crippen molar-refractivity contribution in [2.75, 3.05) is 31.6 Å². The summed E-state index contributed by atoms with van der Waals surface area (Å²) in [6, 6.07) is 7.64. The van der Waals surface area contributed by atoms with E-state index in [0.29, 0.717) is 6.54 Å². The molecule has 0 unspecified atom stereocenters. The summed E-state index contributed by atoms with van der Waals surface area (Å²) >= 11 is 4.54. The first-order valence-electron chi connectivity index (χ1n) is 5.37. The Balaban J connectivity index is 2.12. The zero-order chi connectivity index (χ0) is 12.3. The number of amides is 1. The van der Waals surface area contributed by atoms with E-state index in [2.05, 4.69) is 27.3 Å². The summed E-state index contributed by atoms with van der Waals surface area (Å²) in [5.41, 5.74) is 1.82. The molecular weight excluding hydrogens is 234 g/mol. The summed E-state index contributed by atoms with van der Waals surface area (Å²) < 4.78 is 0. The molecule has 0 spiro atoms. The Morgan fingerprint density at radius 2 is 2.00 bits per heavy atom. The molecule has 1 saturated heterocycles. The standard InChI is InChI=1S/C12H13N3OS/c1-14-6-7-15(8-12(14)16)11-4-2-10(3-5-11)13-9-17/h2-5H,6-8H2,1H3. The molecule has 0 atom stereocenters. The molecule has 1 aliphatic rings. The van der Waals surface area contributed by atoms with Crippen molar-refractivity contribution in [3.8, 4) is 0 Å². The third kappa shape index (κ3) is 2.70. The van der Waals surface area contributed by atoms with Gasteiger partial charge in [-0.2, -0.15) is 4.99 Å². The number of benzene rings is 1. The van der Waals surface area contributed by atoms with Crippen molar-refractivity contribution < 1.29 is 4.79 Å². The monoisotopic (exact) mass is 247 g/mol. The second-order valence-electron chi connectivity index (χ2n) is 3.96. The van der Waals surface area contributed by atoms with Gasteiger partial charge in [0, 0.05) is 25.8 Å². The fourth-order valence-corrected chi connectivity index (χ4v) is 1.87. The Hall–Kier alpha value is -1.71. The Morgan fingerprint density at radius 1 is 1.29 bits per heavy atom. The zero-order valence-electron chi connectivity index (χ0n) is 9.59. The maximum absolute atomic E-state index is 11.6. The smallest absolute Gasteiger partial charge is 0.241 e. The fraction of sp³-hybridized carbons (Fsp3) is 0.333. The molecule has 0 aromatic heterocycles. The lowest BCUT2D eigenvalue weighted by Gasteiger charge is -2.33. The van der Waals surface area contributed by atoms with Gasteiger partial charge in [-0.15, -0.1) is 0 Å². The predicted octanol–water partition coefficient (Wildman–Crippen LogP) is 1.70. The van der Waals surface area contributed by atoms with E-state index >= 15 is 0 Å². The molecule has 0 aliphatic carbocycles. The number of anilines is 1. The van der Waals surface area contributed by atoms with Gasteiger partial charge in [0.15, 0.2) is 0 Å². The van der Waals surface area contributed by atoms with Gasteiger partial charge in [0.25, 0.3) is 0 Å². The van der Waals surface area contributed by atoms with Gasteiger partial charge in [0.2, 0.25) is 5.91 Å². The van der Waals surface area contributed by atoms with Crippen LogP contribution in [0.25, 0.3) is 0 Å². The highest BCUT2D eigenvalue weighted by Crippen LogP contribution is 2.20. The highest BCUT2D eigenvalue weighted by atomic mass is 32.1. The van der Waals surface area contributed by atoms with Gasteiger partial charge in [0.1, 0.15) is 0 Å². The van der Waals surface area contributed by atoms with E-state index in [4.69, 9.17) is 0 Å². The quantitative estimate of drug-likeness (QED) is 0.589. The molecule has 2 rings (SSSR count). The molecule has 17 heavy (non-hydrogen) atoms. The third-order valence-electron chi connectivity index (χ3n) is 2.85. The van der Waals surface area contributed by atoms with Gasteiger partial charge in [-0.3, -0.25) is 4.79 Å². The number of piperazine rings is 1. The van der Waals surface area contributed by atoms with Crippen LogP contribution in [-0.2, 0) is 4.79 Å². The lowest BCUT2D eigenvalue weighted by Crippen LogP contribution is -2.48. The highest BCUT2D eigenvalue weighted by molar-refractivity contribution is 7.78. The first-order valence-corrected chi connectivity index (χ1v) is 5.78. The van der Waals surface area contributed by atoms with Crippen LogP contribution in [0.3, 0.4) is 0 Å². The number of carbonyl (C=O) groups excluding carboxylic acids is 1. The molecule has 88 valence electrons. The van der Waals surface area contributed by atoms with Crippen LogP contribution in [0.5, 0.6) is 0 Å². The molecule has 1 amide bonds. The molecule has 0 N–H and O–H groups in total. The molecule has 5 heteroatoms. The number of nitrogens with zero attached hydrogens (tertiary/aromatic N) is 3. The Kier molecular flexibility index (Phi) is 3.52. The van der Waals surface area contributed by atoms with Crippen LogP contribution in [0.4, 0.5) is 11.4 Å². The van der Waals surface area contributed by atoms with Crippen LogP contribution >= 0.6 is 12.2 Å². The van der Waals surface area contributed by atoms with E-state index in [1.165, 1.54) is 0 Å². The minimum atomic E-state index is 0.150. The molecule has 1 fully saturated rings. The summed E-state index contributed by atoms with van der Waals surface area (Å²) in [5, 5.41) is 2.33. The normalized spacial score (nSPS) is 15.7. The number of hydrogen-bond donors (Lipinski definition) is 0. The lowest BCUT2D eigenvalue weighted by atomic mass is 10.2. The van der Waals surface area contributed by atoms with Crippen molar-refractivity contribution in [3.05, 3.63) is 24.3 Å². The van der Waals surface area contributed by atoms with Gasteiger partial charge < -0.3 is 9.80 Å². The van der Waals surface area contributed by atoms with Gasteiger partial charge in [-0.05, 0) is 36.5 Å². The van der Waals surface area contributed by atoms with Gasteiger partial charge in [0.05, 0.1) is 17.4 Å². The van der Waals surface area contributed by atoms with Crippen LogP contribution in [-0.4, -0.2) is 42.7 Å². The van der Waals surface area contributed by atoms with Crippen LogP contribution in [0.15, 0.2) is 29.3 Å². The number of likely N-dealkylation sites (N-methyl/N-ethyl adjacent to an activating group) is 1. The molecule has 4 nitrogen and oxygen atoms in total. The lowest BCUT2D eigenvalue weighted by molar-refractivity contribution is -0.129. The van der Waals surface area contributed by atoms with E-state index < -0.39 is 0 Å². The van der Waals surface area contributed by atoms with E-state index in [1.54, 1.807) is 4.90 Å². The van der Waals surface area contributed by atoms with Crippen molar-refractivity contribution in [3.63, 3.8) is 0 Å². The largest absolute Gasteiger partial charge is 0.360 e. The maximum atomic E-state index is 11.6. The second kappa shape index (κ2) is 5.08. The average molecular weight is 247 g/mol. The molecule has 1 heterocycles. The third-order valence-corrected chi connectivity index (χ3v) is 2.94.